The first-order chi connectivity index (χ1) is 11.3. The lowest BCUT2D eigenvalue weighted by atomic mass is 9.90. The van der Waals surface area contributed by atoms with Crippen LogP contribution in [0.1, 0.15) is 31.2 Å². The van der Waals surface area contributed by atoms with E-state index in [1.54, 1.807) is 24.3 Å². The SMILES string of the molecule is N#Cc1ccc(OC[C@H](O)CN2CCO[C@H]3CCCC[C@H]32)cc1. The molecule has 1 saturated carbocycles. The molecule has 2 fully saturated rings. The highest BCUT2D eigenvalue weighted by atomic mass is 16.5. The summed E-state index contributed by atoms with van der Waals surface area (Å²) in [7, 11) is 0. The van der Waals surface area contributed by atoms with Crippen molar-refractivity contribution >= 4 is 0 Å². The third kappa shape index (κ3) is 4.23. The lowest BCUT2D eigenvalue weighted by Crippen LogP contribution is -2.55. The van der Waals surface area contributed by atoms with Gasteiger partial charge in [-0.1, -0.05) is 12.8 Å². The average molecular weight is 316 g/mol. The first kappa shape index (κ1) is 16.3. The maximum atomic E-state index is 10.3. The third-order valence-electron chi connectivity index (χ3n) is 4.72. The van der Waals surface area contributed by atoms with E-state index in [4.69, 9.17) is 14.7 Å². The summed E-state index contributed by atoms with van der Waals surface area (Å²) in [6, 6.07) is 9.48. The molecule has 1 aliphatic carbocycles. The van der Waals surface area contributed by atoms with Gasteiger partial charge in [-0.25, -0.2) is 0 Å². The molecule has 23 heavy (non-hydrogen) atoms. The molecule has 5 nitrogen and oxygen atoms in total. The number of rotatable bonds is 5. The van der Waals surface area contributed by atoms with E-state index in [1.165, 1.54) is 12.8 Å². The maximum absolute atomic E-state index is 10.3. The summed E-state index contributed by atoms with van der Waals surface area (Å²) in [6.07, 6.45) is 4.61. The van der Waals surface area contributed by atoms with E-state index in [-0.39, 0.29) is 6.61 Å². The van der Waals surface area contributed by atoms with Gasteiger partial charge < -0.3 is 14.6 Å². The smallest absolute Gasteiger partial charge is 0.119 e. The predicted molar refractivity (Wildman–Crippen MR) is 86.2 cm³/mol. The van der Waals surface area contributed by atoms with E-state index in [0.29, 0.717) is 30.0 Å². The summed E-state index contributed by atoms with van der Waals surface area (Å²) in [5.41, 5.74) is 0.606. The first-order valence-corrected chi connectivity index (χ1v) is 8.43. The number of hydrogen-bond acceptors (Lipinski definition) is 5. The molecule has 5 heteroatoms. The molecule has 1 aliphatic heterocycles. The molecule has 0 radical (unpaired) electrons. The Kier molecular flexibility index (Phi) is 5.50. The number of hydrogen-bond donors (Lipinski definition) is 1. The second-order valence-corrected chi connectivity index (χ2v) is 6.36. The number of morpholine rings is 1. The van der Waals surface area contributed by atoms with Crippen molar-refractivity contribution < 1.29 is 14.6 Å². The Balaban J connectivity index is 1.48. The van der Waals surface area contributed by atoms with Gasteiger partial charge >= 0.3 is 0 Å². The largest absolute Gasteiger partial charge is 0.491 e. The topological polar surface area (TPSA) is 65.7 Å². The molecule has 0 spiro atoms. The van der Waals surface area contributed by atoms with Gasteiger partial charge in [-0.2, -0.15) is 5.26 Å². The second kappa shape index (κ2) is 7.78. The summed E-state index contributed by atoms with van der Waals surface area (Å²) < 4.78 is 11.5. The van der Waals surface area contributed by atoms with Crippen LogP contribution in [0.15, 0.2) is 24.3 Å². The summed E-state index contributed by atoms with van der Waals surface area (Å²) in [5.74, 6) is 0.681. The fourth-order valence-corrected chi connectivity index (χ4v) is 3.54. The Morgan fingerprint density at radius 2 is 2.09 bits per heavy atom. The van der Waals surface area contributed by atoms with Crippen molar-refractivity contribution in [2.24, 2.45) is 0 Å². The molecule has 0 unspecified atom stereocenters. The van der Waals surface area contributed by atoms with Crippen LogP contribution in [0.2, 0.25) is 0 Å². The molecular formula is C18H24N2O3. The number of nitriles is 1. The Morgan fingerprint density at radius 1 is 1.30 bits per heavy atom. The predicted octanol–water partition coefficient (Wildman–Crippen LogP) is 1.94. The first-order valence-electron chi connectivity index (χ1n) is 8.43. The molecule has 2 aliphatic rings. The standard InChI is InChI=1S/C18H24N2O3/c19-11-14-5-7-16(8-6-14)23-13-15(21)12-20-9-10-22-18-4-2-1-3-17(18)20/h5-8,15,17-18,21H,1-4,9-10,12-13H2/t15-,17-,18+/m1/s1. The van der Waals surface area contributed by atoms with E-state index in [0.717, 1.165) is 26.0 Å². The number of benzene rings is 1. The molecule has 0 amide bonds. The van der Waals surface area contributed by atoms with Gasteiger partial charge in [0, 0.05) is 19.1 Å². The van der Waals surface area contributed by atoms with Crippen LogP contribution >= 0.6 is 0 Å². The zero-order chi connectivity index (χ0) is 16.1. The van der Waals surface area contributed by atoms with Gasteiger partial charge in [-0.3, -0.25) is 4.90 Å². The minimum atomic E-state index is -0.522. The molecule has 1 saturated heterocycles. The van der Waals surface area contributed by atoms with Crippen molar-refractivity contribution in [3.8, 4) is 11.8 Å². The van der Waals surface area contributed by atoms with Gasteiger partial charge in [0.05, 0.1) is 24.3 Å². The molecule has 1 heterocycles. The van der Waals surface area contributed by atoms with Crippen molar-refractivity contribution in [2.75, 3.05) is 26.3 Å². The van der Waals surface area contributed by atoms with Gasteiger partial charge in [-0.05, 0) is 37.1 Å². The Bertz CT molecular complexity index is 538. The van der Waals surface area contributed by atoms with Gasteiger partial charge in [-0.15, -0.1) is 0 Å². The van der Waals surface area contributed by atoms with Crippen LogP contribution in [0.4, 0.5) is 0 Å². The van der Waals surface area contributed by atoms with Crippen LogP contribution in [0.25, 0.3) is 0 Å². The summed E-state index contributed by atoms with van der Waals surface area (Å²) in [5, 5.41) is 19.1. The van der Waals surface area contributed by atoms with E-state index in [2.05, 4.69) is 11.0 Å². The van der Waals surface area contributed by atoms with Crippen LogP contribution in [-0.2, 0) is 4.74 Å². The van der Waals surface area contributed by atoms with Gasteiger partial charge in [0.25, 0.3) is 0 Å². The number of β-amino-alcohol motifs (C(OH)–C–C–N with tert-alkyl or cyclic N) is 1. The number of ether oxygens (including phenoxy) is 2. The van der Waals surface area contributed by atoms with Crippen molar-refractivity contribution in [3.05, 3.63) is 29.8 Å². The molecule has 1 aromatic carbocycles. The molecule has 124 valence electrons. The Morgan fingerprint density at radius 3 is 2.87 bits per heavy atom. The molecule has 3 rings (SSSR count). The third-order valence-corrected chi connectivity index (χ3v) is 4.72. The van der Waals surface area contributed by atoms with Crippen LogP contribution in [0, 0.1) is 11.3 Å². The zero-order valence-corrected chi connectivity index (χ0v) is 13.4. The fourth-order valence-electron chi connectivity index (χ4n) is 3.54. The second-order valence-electron chi connectivity index (χ2n) is 6.36. The van der Waals surface area contributed by atoms with Crippen molar-refractivity contribution in [1.29, 1.82) is 5.26 Å². The highest BCUT2D eigenvalue weighted by molar-refractivity contribution is 5.34. The summed E-state index contributed by atoms with van der Waals surface area (Å²) in [4.78, 5) is 2.36. The minimum absolute atomic E-state index is 0.265. The number of fused-ring (bicyclic) bond motifs is 1. The van der Waals surface area contributed by atoms with Gasteiger partial charge in [0.2, 0.25) is 0 Å². The normalized spacial score (nSPS) is 26.1. The van der Waals surface area contributed by atoms with E-state index in [9.17, 15) is 5.11 Å². The number of aliphatic hydroxyl groups excluding tert-OH is 1. The molecular weight excluding hydrogens is 292 g/mol. The minimum Gasteiger partial charge on any atom is -0.491 e. The lowest BCUT2D eigenvalue weighted by molar-refractivity contribution is -0.0992. The Labute approximate surface area is 137 Å². The Hall–Kier alpha value is -1.61. The van der Waals surface area contributed by atoms with Crippen LogP contribution in [0.3, 0.4) is 0 Å². The van der Waals surface area contributed by atoms with Crippen molar-refractivity contribution in [3.63, 3.8) is 0 Å². The molecule has 1 aromatic rings. The highest BCUT2D eigenvalue weighted by Gasteiger charge is 2.34. The quantitative estimate of drug-likeness (QED) is 0.899. The van der Waals surface area contributed by atoms with E-state index >= 15 is 0 Å². The number of aliphatic hydroxyl groups is 1. The van der Waals surface area contributed by atoms with Gasteiger partial charge in [0.1, 0.15) is 18.5 Å². The fraction of sp³-hybridized carbons (Fsp3) is 0.611. The highest BCUT2D eigenvalue weighted by Crippen LogP contribution is 2.28. The van der Waals surface area contributed by atoms with Crippen LogP contribution in [0.5, 0.6) is 5.75 Å². The van der Waals surface area contributed by atoms with Crippen LogP contribution < -0.4 is 4.74 Å². The molecule has 0 aromatic heterocycles. The van der Waals surface area contributed by atoms with Crippen molar-refractivity contribution in [2.45, 2.75) is 43.9 Å². The van der Waals surface area contributed by atoms with Crippen LogP contribution in [-0.4, -0.2) is 54.6 Å². The zero-order valence-electron chi connectivity index (χ0n) is 13.4. The van der Waals surface area contributed by atoms with E-state index in [1.807, 2.05) is 0 Å². The van der Waals surface area contributed by atoms with Gasteiger partial charge in [0.15, 0.2) is 0 Å². The molecule has 3 atom stereocenters. The van der Waals surface area contributed by atoms with Crippen molar-refractivity contribution in [1.82, 2.24) is 4.90 Å². The average Bonchev–Trinajstić information content (AvgIpc) is 2.61. The summed E-state index contributed by atoms with van der Waals surface area (Å²) in [6.45, 7) is 2.53. The maximum Gasteiger partial charge on any atom is 0.119 e. The summed E-state index contributed by atoms with van der Waals surface area (Å²) >= 11 is 0. The van der Waals surface area contributed by atoms with E-state index < -0.39 is 6.10 Å². The monoisotopic (exact) mass is 316 g/mol. The lowest BCUT2D eigenvalue weighted by Gasteiger charge is -2.44. The molecule has 1 N–H and O–H groups in total. The molecule has 0 bridgehead atoms. The number of nitrogens with zero attached hydrogens (tertiary/aromatic N) is 2.